The van der Waals surface area contributed by atoms with Gasteiger partial charge in [0.2, 0.25) is 0 Å². The van der Waals surface area contributed by atoms with Crippen LogP contribution < -0.4 is 0 Å². The molecule has 4 heteroatoms. The Hall–Kier alpha value is -2.33. The largest absolute Gasteiger partial charge is 0.507 e. The van der Waals surface area contributed by atoms with E-state index < -0.39 is 6.10 Å². The smallest absolute Gasteiger partial charge is 0.143 e. The van der Waals surface area contributed by atoms with Crippen LogP contribution in [0.3, 0.4) is 0 Å². The van der Waals surface area contributed by atoms with Crippen molar-refractivity contribution in [3.8, 4) is 5.75 Å². The van der Waals surface area contributed by atoms with Gasteiger partial charge in [-0.15, -0.1) is 0 Å². The number of para-hydroxylation sites is 2. The molecular formula is C25H34N2O2. The van der Waals surface area contributed by atoms with Gasteiger partial charge in [-0.1, -0.05) is 53.7 Å². The van der Waals surface area contributed by atoms with Gasteiger partial charge in [-0.2, -0.15) is 0 Å². The van der Waals surface area contributed by atoms with E-state index >= 15 is 0 Å². The maximum Gasteiger partial charge on any atom is 0.143 e. The number of nitrogens with zero attached hydrogens (tertiary/aromatic N) is 2. The summed E-state index contributed by atoms with van der Waals surface area (Å²) in [5.74, 6) is 0.949. The molecule has 29 heavy (non-hydrogen) atoms. The highest BCUT2D eigenvalue weighted by Crippen LogP contribution is 2.42. The van der Waals surface area contributed by atoms with E-state index in [0.717, 1.165) is 27.7 Å². The fraction of sp³-hybridized carbons (Fsp3) is 0.480. The zero-order valence-electron chi connectivity index (χ0n) is 18.9. The number of aromatic nitrogens is 2. The van der Waals surface area contributed by atoms with Crippen LogP contribution in [0.1, 0.15) is 90.1 Å². The van der Waals surface area contributed by atoms with Gasteiger partial charge in [-0.3, -0.25) is 0 Å². The Morgan fingerprint density at radius 3 is 1.90 bits per heavy atom. The molecule has 3 rings (SSSR count). The van der Waals surface area contributed by atoms with Crippen molar-refractivity contribution in [3.05, 3.63) is 58.9 Å². The van der Waals surface area contributed by atoms with Crippen molar-refractivity contribution >= 4 is 11.0 Å². The minimum atomic E-state index is -0.882. The summed E-state index contributed by atoms with van der Waals surface area (Å²) >= 11 is 0. The molecule has 2 aromatic carbocycles. The Morgan fingerprint density at radius 1 is 0.897 bits per heavy atom. The van der Waals surface area contributed by atoms with Crippen molar-refractivity contribution in [2.45, 2.75) is 78.4 Å². The van der Waals surface area contributed by atoms with E-state index in [0.29, 0.717) is 11.6 Å². The highest BCUT2D eigenvalue weighted by atomic mass is 16.3. The molecule has 0 amide bonds. The van der Waals surface area contributed by atoms with E-state index in [4.69, 9.17) is 4.98 Å². The fourth-order valence-corrected chi connectivity index (χ4v) is 3.91. The Kier molecular flexibility index (Phi) is 5.29. The van der Waals surface area contributed by atoms with Crippen LogP contribution in [0.15, 0.2) is 36.4 Å². The Labute approximate surface area is 174 Å². The van der Waals surface area contributed by atoms with Gasteiger partial charge >= 0.3 is 0 Å². The summed E-state index contributed by atoms with van der Waals surface area (Å²) in [7, 11) is 0. The van der Waals surface area contributed by atoms with Gasteiger partial charge in [-0.05, 0) is 65.6 Å². The SMILES string of the molecule is CC(C)n1c([C@H](O)c2cc(C(C)(C)C)c(O)c(C(C)(C)C)c2)nc2ccccc21. The molecule has 4 nitrogen and oxygen atoms in total. The van der Waals surface area contributed by atoms with Crippen LogP contribution >= 0.6 is 0 Å². The van der Waals surface area contributed by atoms with Crippen LogP contribution in [0.25, 0.3) is 11.0 Å². The normalized spacial score (nSPS) is 14.0. The molecular weight excluding hydrogens is 360 g/mol. The lowest BCUT2D eigenvalue weighted by molar-refractivity contribution is 0.202. The van der Waals surface area contributed by atoms with Crippen molar-refractivity contribution in [1.82, 2.24) is 9.55 Å². The molecule has 0 saturated heterocycles. The van der Waals surface area contributed by atoms with Crippen LogP contribution in [0, 0.1) is 0 Å². The average Bonchev–Trinajstić information content (AvgIpc) is 2.99. The molecule has 1 aromatic heterocycles. The average molecular weight is 395 g/mol. The highest BCUT2D eigenvalue weighted by molar-refractivity contribution is 5.76. The number of fused-ring (bicyclic) bond motifs is 1. The summed E-state index contributed by atoms with van der Waals surface area (Å²) in [5.41, 5.74) is 3.83. The Balaban J connectivity index is 2.26. The van der Waals surface area contributed by atoms with Gasteiger partial charge in [0.25, 0.3) is 0 Å². The van der Waals surface area contributed by atoms with Crippen molar-refractivity contribution in [2.75, 3.05) is 0 Å². The molecule has 0 fully saturated rings. The quantitative estimate of drug-likeness (QED) is 0.573. The van der Waals surface area contributed by atoms with Gasteiger partial charge in [0, 0.05) is 6.04 Å². The number of benzene rings is 2. The second-order valence-corrected chi connectivity index (χ2v) is 10.3. The second kappa shape index (κ2) is 7.17. The fourth-order valence-electron chi connectivity index (χ4n) is 3.91. The Morgan fingerprint density at radius 2 is 1.41 bits per heavy atom. The zero-order valence-corrected chi connectivity index (χ0v) is 18.9. The third-order valence-corrected chi connectivity index (χ3v) is 5.45. The number of hydrogen-bond donors (Lipinski definition) is 2. The molecule has 2 N–H and O–H groups in total. The molecule has 0 bridgehead atoms. The molecule has 1 atom stereocenters. The van der Waals surface area contributed by atoms with Crippen molar-refractivity contribution < 1.29 is 10.2 Å². The van der Waals surface area contributed by atoms with Gasteiger partial charge < -0.3 is 14.8 Å². The summed E-state index contributed by atoms with van der Waals surface area (Å²) in [6.07, 6.45) is -0.882. The minimum Gasteiger partial charge on any atom is -0.507 e. The topological polar surface area (TPSA) is 58.3 Å². The van der Waals surface area contributed by atoms with E-state index in [1.807, 2.05) is 36.4 Å². The van der Waals surface area contributed by atoms with Crippen LogP contribution in [0.4, 0.5) is 0 Å². The van der Waals surface area contributed by atoms with Gasteiger partial charge in [-0.25, -0.2) is 4.98 Å². The zero-order chi connectivity index (χ0) is 21.7. The number of hydrogen-bond acceptors (Lipinski definition) is 3. The summed E-state index contributed by atoms with van der Waals surface area (Å²) in [6, 6.07) is 12.0. The summed E-state index contributed by atoms with van der Waals surface area (Å²) in [4.78, 5) is 4.77. The molecule has 0 saturated carbocycles. The van der Waals surface area contributed by atoms with Gasteiger partial charge in [0.05, 0.1) is 11.0 Å². The molecule has 0 aliphatic heterocycles. The number of rotatable bonds is 3. The third-order valence-electron chi connectivity index (χ3n) is 5.45. The maximum atomic E-state index is 11.4. The molecule has 0 radical (unpaired) electrons. The second-order valence-electron chi connectivity index (χ2n) is 10.3. The monoisotopic (exact) mass is 394 g/mol. The predicted molar refractivity (Wildman–Crippen MR) is 120 cm³/mol. The van der Waals surface area contributed by atoms with Crippen molar-refractivity contribution in [2.24, 2.45) is 0 Å². The highest BCUT2D eigenvalue weighted by Gasteiger charge is 2.29. The number of aliphatic hydroxyl groups excluding tert-OH is 1. The van der Waals surface area contributed by atoms with Gasteiger partial charge in [0.1, 0.15) is 17.7 Å². The number of aromatic hydroxyl groups is 1. The van der Waals surface area contributed by atoms with Crippen LogP contribution in [0.2, 0.25) is 0 Å². The number of phenolic OH excluding ortho intramolecular Hbond substituents is 1. The molecule has 156 valence electrons. The number of imidazole rings is 1. The summed E-state index contributed by atoms with van der Waals surface area (Å²) < 4.78 is 2.10. The third kappa shape index (κ3) is 3.91. The Bertz CT molecular complexity index is 998. The van der Waals surface area contributed by atoms with Crippen molar-refractivity contribution in [3.63, 3.8) is 0 Å². The first kappa shape index (κ1) is 21.4. The van der Waals surface area contributed by atoms with Crippen LogP contribution in [0.5, 0.6) is 5.75 Å². The molecule has 1 heterocycles. The lowest BCUT2D eigenvalue weighted by Gasteiger charge is -2.29. The van der Waals surface area contributed by atoms with E-state index in [2.05, 4.69) is 60.0 Å². The van der Waals surface area contributed by atoms with E-state index in [1.165, 1.54) is 0 Å². The first-order valence-electron chi connectivity index (χ1n) is 10.3. The predicted octanol–water partition coefficient (Wildman–Crippen LogP) is 6.00. The molecule has 0 spiro atoms. The molecule has 3 aromatic rings. The lowest BCUT2D eigenvalue weighted by Crippen LogP contribution is -2.19. The van der Waals surface area contributed by atoms with Crippen molar-refractivity contribution in [1.29, 1.82) is 0 Å². The van der Waals surface area contributed by atoms with Crippen LogP contribution in [-0.2, 0) is 10.8 Å². The number of aliphatic hydroxyl groups is 1. The first-order valence-corrected chi connectivity index (χ1v) is 10.3. The summed E-state index contributed by atoms with van der Waals surface area (Å²) in [6.45, 7) is 16.7. The van der Waals surface area contributed by atoms with Gasteiger partial charge in [0.15, 0.2) is 0 Å². The van der Waals surface area contributed by atoms with E-state index in [9.17, 15) is 10.2 Å². The lowest BCUT2D eigenvalue weighted by atomic mass is 9.78. The summed E-state index contributed by atoms with van der Waals surface area (Å²) in [5, 5.41) is 22.4. The van der Waals surface area contributed by atoms with E-state index in [-0.39, 0.29) is 16.9 Å². The maximum absolute atomic E-state index is 11.4. The standard InChI is InChI=1S/C25H34N2O2/c1-15(2)27-20-12-10-9-11-19(20)26-23(27)21(28)16-13-17(24(3,4)5)22(29)18(14-16)25(6,7)8/h9-15,21,28-29H,1-8H3/t21-/m1/s1. The molecule has 0 aliphatic rings. The first-order chi connectivity index (χ1) is 13.3. The molecule has 0 aliphatic carbocycles. The minimum absolute atomic E-state index is 0.160. The molecule has 0 unspecified atom stereocenters. The number of phenols is 1. The van der Waals surface area contributed by atoms with Crippen LogP contribution in [-0.4, -0.2) is 19.8 Å². The van der Waals surface area contributed by atoms with E-state index in [1.54, 1.807) is 0 Å².